The summed E-state index contributed by atoms with van der Waals surface area (Å²) in [5, 5.41) is 5.79. The van der Waals surface area contributed by atoms with Crippen molar-refractivity contribution in [2.75, 3.05) is 54.9 Å². The number of pyridine rings is 2. The third-order valence-corrected chi connectivity index (χ3v) is 7.90. The van der Waals surface area contributed by atoms with Crippen molar-refractivity contribution in [3.8, 4) is 0 Å². The molecule has 192 valence electrons. The second-order valence-corrected chi connectivity index (χ2v) is 10.7. The SMILES string of the molecule is CCCCN(CC)c1nccc(Nc2cc3c(C(C)C)cnc(N4CCC45CCN(C)C5)c3cn2)n1. The first kappa shape index (κ1) is 24.7. The molecule has 36 heavy (non-hydrogen) atoms. The number of rotatable bonds is 9. The van der Waals surface area contributed by atoms with Gasteiger partial charge in [-0.1, -0.05) is 27.2 Å². The van der Waals surface area contributed by atoms with Gasteiger partial charge in [0.15, 0.2) is 0 Å². The lowest BCUT2D eigenvalue weighted by Gasteiger charge is -2.52. The van der Waals surface area contributed by atoms with E-state index in [-0.39, 0.29) is 5.54 Å². The van der Waals surface area contributed by atoms with Gasteiger partial charge >= 0.3 is 0 Å². The van der Waals surface area contributed by atoms with Crippen molar-refractivity contribution in [1.82, 2.24) is 24.8 Å². The van der Waals surface area contributed by atoms with Crippen LogP contribution in [0.5, 0.6) is 0 Å². The van der Waals surface area contributed by atoms with E-state index >= 15 is 0 Å². The van der Waals surface area contributed by atoms with E-state index in [1.54, 1.807) is 0 Å². The number of unbranched alkanes of at least 4 members (excludes halogenated alkanes) is 1. The highest BCUT2D eigenvalue weighted by Gasteiger charge is 2.49. The van der Waals surface area contributed by atoms with Crippen molar-refractivity contribution in [1.29, 1.82) is 0 Å². The summed E-state index contributed by atoms with van der Waals surface area (Å²) in [5.41, 5.74) is 1.48. The molecular formula is C28H40N8. The maximum Gasteiger partial charge on any atom is 0.227 e. The average Bonchev–Trinajstić information content (AvgIpc) is 3.28. The van der Waals surface area contributed by atoms with E-state index in [0.717, 1.165) is 74.4 Å². The van der Waals surface area contributed by atoms with E-state index < -0.39 is 0 Å². The second-order valence-electron chi connectivity index (χ2n) is 10.7. The molecule has 0 amide bonds. The van der Waals surface area contributed by atoms with Gasteiger partial charge in [0.05, 0.1) is 5.54 Å². The molecule has 1 atom stereocenters. The normalized spacial score (nSPS) is 19.9. The molecule has 2 saturated heterocycles. The van der Waals surface area contributed by atoms with Gasteiger partial charge in [-0.3, -0.25) is 0 Å². The van der Waals surface area contributed by atoms with Gasteiger partial charge in [-0.25, -0.2) is 15.0 Å². The number of likely N-dealkylation sites (tertiary alicyclic amines) is 1. The van der Waals surface area contributed by atoms with E-state index in [1.165, 1.54) is 23.8 Å². The monoisotopic (exact) mass is 488 g/mol. The molecule has 0 saturated carbocycles. The molecule has 5 rings (SSSR count). The van der Waals surface area contributed by atoms with E-state index in [1.807, 2.05) is 18.5 Å². The van der Waals surface area contributed by atoms with Crippen LogP contribution >= 0.6 is 0 Å². The number of hydrogen-bond acceptors (Lipinski definition) is 8. The van der Waals surface area contributed by atoms with Crippen LogP contribution in [0.3, 0.4) is 0 Å². The first-order valence-electron chi connectivity index (χ1n) is 13.5. The lowest BCUT2D eigenvalue weighted by atomic mass is 9.83. The number of likely N-dealkylation sites (N-methyl/N-ethyl adjacent to an activating group) is 1. The zero-order valence-corrected chi connectivity index (χ0v) is 22.5. The fraction of sp³-hybridized carbons (Fsp3) is 0.571. The number of fused-ring (bicyclic) bond motifs is 1. The van der Waals surface area contributed by atoms with E-state index in [9.17, 15) is 0 Å². The summed E-state index contributed by atoms with van der Waals surface area (Å²) in [6, 6.07) is 4.07. The topological polar surface area (TPSA) is 73.3 Å². The summed E-state index contributed by atoms with van der Waals surface area (Å²) in [7, 11) is 2.22. The van der Waals surface area contributed by atoms with Gasteiger partial charge in [-0.05, 0) is 62.2 Å². The minimum atomic E-state index is 0.227. The van der Waals surface area contributed by atoms with Gasteiger partial charge in [0.2, 0.25) is 5.95 Å². The molecule has 0 radical (unpaired) electrons. The Hall–Kier alpha value is -3.00. The standard InChI is InChI=1S/C28H40N8/c1-6-8-13-35(7-2)27-29-12-9-24(33-27)32-25-16-21-22(20(3)4)17-31-26(23(21)18-30-25)36-15-11-28(36)10-14-34(5)19-28/h9,12,16-18,20H,6-8,10-11,13-15,19H2,1-5H3,(H,29,30,32,33). The number of hydrogen-bond donors (Lipinski definition) is 1. The molecule has 1 N–H and O–H groups in total. The molecule has 3 aromatic heterocycles. The van der Waals surface area contributed by atoms with Crippen LogP contribution in [0.2, 0.25) is 0 Å². The molecule has 1 spiro atoms. The predicted molar refractivity (Wildman–Crippen MR) is 149 cm³/mol. The summed E-state index contributed by atoms with van der Waals surface area (Å²) in [6.07, 6.45) is 10.6. The summed E-state index contributed by atoms with van der Waals surface area (Å²) < 4.78 is 0. The highest BCUT2D eigenvalue weighted by Crippen LogP contribution is 2.44. The maximum absolute atomic E-state index is 4.99. The quantitative estimate of drug-likeness (QED) is 0.441. The molecule has 0 bridgehead atoms. The zero-order valence-electron chi connectivity index (χ0n) is 22.5. The Morgan fingerprint density at radius 2 is 1.89 bits per heavy atom. The van der Waals surface area contributed by atoms with E-state index in [2.05, 4.69) is 72.0 Å². The summed E-state index contributed by atoms with van der Waals surface area (Å²) >= 11 is 0. The highest BCUT2D eigenvalue weighted by atomic mass is 15.4. The van der Waals surface area contributed by atoms with Crippen LogP contribution in [-0.2, 0) is 0 Å². The van der Waals surface area contributed by atoms with Crippen molar-refractivity contribution in [2.45, 2.75) is 64.8 Å². The summed E-state index contributed by atoms with van der Waals surface area (Å²) in [5.74, 6) is 3.76. The largest absolute Gasteiger partial charge is 0.349 e. The smallest absolute Gasteiger partial charge is 0.227 e. The van der Waals surface area contributed by atoms with Gasteiger partial charge in [0.1, 0.15) is 17.5 Å². The van der Waals surface area contributed by atoms with Gasteiger partial charge in [-0.2, -0.15) is 4.98 Å². The number of nitrogens with zero attached hydrogens (tertiary/aromatic N) is 7. The molecule has 2 aliphatic rings. The number of aromatic nitrogens is 4. The summed E-state index contributed by atoms with van der Waals surface area (Å²) in [4.78, 5) is 26.3. The molecule has 0 aromatic carbocycles. The number of nitrogens with one attached hydrogen (secondary N) is 1. The van der Waals surface area contributed by atoms with Crippen LogP contribution in [0, 0.1) is 0 Å². The van der Waals surface area contributed by atoms with Gasteiger partial charge in [0, 0.05) is 56.7 Å². The van der Waals surface area contributed by atoms with Crippen molar-refractivity contribution < 1.29 is 0 Å². The molecule has 0 aliphatic carbocycles. The minimum Gasteiger partial charge on any atom is -0.349 e. The first-order valence-corrected chi connectivity index (χ1v) is 13.5. The Bertz CT molecular complexity index is 1210. The van der Waals surface area contributed by atoms with E-state index in [0.29, 0.717) is 5.92 Å². The van der Waals surface area contributed by atoms with Crippen molar-refractivity contribution >= 4 is 34.2 Å². The lowest BCUT2D eigenvalue weighted by Crippen LogP contribution is -2.61. The molecular weight excluding hydrogens is 448 g/mol. The van der Waals surface area contributed by atoms with E-state index in [4.69, 9.17) is 15.0 Å². The fourth-order valence-electron chi connectivity index (χ4n) is 5.69. The third-order valence-electron chi connectivity index (χ3n) is 7.90. The van der Waals surface area contributed by atoms with Crippen molar-refractivity contribution in [2.24, 2.45) is 0 Å². The Balaban J connectivity index is 1.46. The predicted octanol–water partition coefficient (Wildman–Crippen LogP) is 5.20. The Morgan fingerprint density at radius 1 is 1.06 bits per heavy atom. The third kappa shape index (κ3) is 4.59. The van der Waals surface area contributed by atoms with Crippen molar-refractivity contribution in [3.63, 3.8) is 0 Å². The molecule has 8 nitrogen and oxygen atoms in total. The van der Waals surface area contributed by atoms with Crippen LogP contribution < -0.4 is 15.1 Å². The summed E-state index contributed by atoms with van der Waals surface area (Å²) in [6.45, 7) is 14.0. The molecule has 2 aliphatic heterocycles. The minimum absolute atomic E-state index is 0.227. The molecule has 1 unspecified atom stereocenters. The fourth-order valence-corrected chi connectivity index (χ4v) is 5.69. The average molecular weight is 489 g/mol. The Kier molecular flexibility index (Phi) is 6.97. The maximum atomic E-state index is 4.99. The van der Waals surface area contributed by atoms with Crippen LogP contribution in [-0.4, -0.2) is 70.1 Å². The lowest BCUT2D eigenvalue weighted by molar-refractivity contribution is 0.269. The zero-order chi connectivity index (χ0) is 25.3. The van der Waals surface area contributed by atoms with Crippen molar-refractivity contribution in [3.05, 3.63) is 36.3 Å². The Morgan fingerprint density at radius 3 is 2.56 bits per heavy atom. The van der Waals surface area contributed by atoms with Gasteiger partial charge < -0.3 is 20.0 Å². The molecule has 2 fully saturated rings. The van der Waals surface area contributed by atoms with Crippen LogP contribution in [0.25, 0.3) is 10.8 Å². The van der Waals surface area contributed by atoms with Crippen LogP contribution in [0.15, 0.2) is 30.7 Å². The number of anilines is 4. The van der Waals surface area contributed by atoms with Gasteiger partial charge in [0.25, 0.3) is 0 Å². The van der Waals surface area contributed by atoms with Crippen LogP contribution in [0.4, 0.5) is 23.4 Å². The highest BCUT2D eigenvalue weighted by molar-refractivity contribution is 5.96. The van der Waals surface area contributed by atoms with Crippen LogP contribution in [0.1, 0.15) is 64.9 Å². The molecule has 8 heteroatoms. The second kappa shape index (κ2) is 10.2. The van der Waals surface area contributed by atoms with Gasteiger partial charge in [-0.15, -0.1) is 0 Å². The first-order chi connectivity index (χ1) is 17.4. The molecule has 3 aromatic rings. The Labute approximate surface area is 215 Å². The molecule has 5 heterocycles.